The number of aryl methyl sites for hydroxylation is 1. The van der Waals surface area contributed by atoms with Crippen LogP contribution in [-0.4, -0.2) is 16.8 Å². The van der Waals surface area contributed by atoms with Crippen LogP contribution in [0.1, 0.15) is 26.4 Å². The van der Waals surface area contributed by atoms with Gasteiger partial charge in [0.15, 0.2) is 0 Å². The molecule has 2 heterocycles. The maximum absolute atomic E-state index is 12.7. The fraction of sp³-hybridized carbons (Fsp3) is 0.0952. The summed E-state index contributed by atoms with van der Waals surface area (Å²) in [5.74, 6) is -0.679. The second kappa shape index (κ2) is 8.91. The highest BCUT2D eigenvalue weighted by molar-refractivity contribution is 7.10. The Morgan fingerprint density at radius 1 is 1.11 bits per heavy atom. The zero-order valence-corrected chi connectivity index (χ0v) is 15.6. The van der Waals surface area contributed by atoms with Crippen molar-refractivity contribution in [2.45, 2.75) is 13.5 Å². The molecular formula is C21H19N3O2S. The fourth-order valence-corrected chi connectivity index (χ4v) is 3.01. The number of benzene rings is 1. The van der Waals surface area contributed by atoms with Gasteiger partial charge in [-0.25, -0.2) is 0 Å². The summed E-state index contributed by atoms with van der Waals surface area (Å²) in [6.07, 6.45) is 5.04. The lowest BCUT2D eigenvalue weighted by atomic mass is 10.1. The summed E-state index contributed by atoms with van der Waals surface area (Å²) in [5, 5.41) is 7.46. The molecular weight excluding hydrogens is 358 g/mol. The summed E-state index contributed by atoms with van der Waals surface area (Å²) in [5.41, 5.74) is 2.64. The van der Waals surface area contributed by atoms with Crippen LogP contribution in [0.2, 0.25) is 0 Å². The molecule has 0 saturated carbocycles. The average molecular weight is 377 g/mol. The van der Waals surface area contributed by atoms with Crippen molar-refractivity contribution in [1.29, 1.82) is 0 Å². The Labute approximate surface area is 161 Å². The molecule has 1 aromatic carbocycles. The van der Waals surface area contributed by atoms with Gasteiger partial charge < -0.3 is 10.6 Å². The van der Waals surface area contributed by atoms with E-state index in [1.807, 2.05) is 48.7 Å². The normalized spacial score (nSPS) is 11.1. The minimum absolute atomic E-state index is 0.201. The quantitative estimate of drug-likeness (QED) is 0.646. The Hall–Kier alpha value is -3.25. The third-order valence-corrected chi connectivity index (χ3v) is 4.63. The van der Waals surface area contributed by atoms with E-state index in [-0.39, 0.29) is 17.5 Å². The van der Waals surface area contributed by atoms with Gasteiger partial charge in [0.25, 0.3) is 11.8 Å². The van der Waals surface area contributed by atoms with Gasteiger partial charge in [0, 0.05) is 29.4 Å². The van der Waals surface area contributed by atoms with Crippen LogP contribution in [0.4, 0.5) is 0 Å². The lowest BCUT2D eigenvalue weighted by Gasteiger charge is -2.11. The molecule has 0 saturated heterocycles. The number of rotatable bonds is 6. The van der Waals surface area contributed by atoms with Crippen LogP contribution in [0.15, 0.2) is 72.0 Å². The van der Waals surface area contributed by atoms with Crippen molar-refractivity contribution in [1.82, 2.24) is 15.6 Å². The van der Waals surface area contributed by atoms with Crippen LogP contribution in [0.5, 0.6) is 0 Å². The van der Waals surface area contributed by atoms with E-state index in [0.717, 1.165) is 16.0 Å². The largest absolute Gasteiger partial charge is 0.347 e. The second-order valence-electron chi connectivity index (χ2n) is 5.94. The Morgan fingerprint density at radius 2 is 1.93 bits per heavy atom. The van der Waals surface area contributed by atoms with Crippen LogP contribution >= 0.6 is 11.3 Å². The van der Waals surface area contributed by atoms with Gasteiger partial charge >= 0.3 is 0 Å². The molecule has 5 nitrogen and oxygen atoms in total. The van der Waals surface area contributed by atoms with Crippen molar-refractivity contribution in [3.05, 3.63) is 93.6 Å². The monoisotopic (exact) mass is 377 g/mol. The van der Waals surface area contributed by atoms with Crippen LogP contribution in [0.25, 0.3) is 6.08 Å². The van der Waals surface area contributed by atoms with Gasteiger partial charge in [-0.3, -0.25) is 14.6 Å². The molecule has 0 aliphatic rings. The first-order chi connectivity index (χ1) is 13.1. The van der Waals surface area contributed by atoms with Crippen molar-refractivity contribution in [3.8, 4) is 0 Å². The molecule has 2 aromatic heterocycles. The third-order valence-electron chi connectivity index (χ3n) is 3.81. The van der Waals surface area contributed by atoms with Crippen LogP contribution in [0.3, 0.4) is 0 Å². The molecule has 0 aliphatic carbocycles. The maximum Gasteiger partial charge on any atom is 0.268 e. The van der Waals surface area contributed by atoms with Gasteiger partial charge in [-0.15, -0.1) is 11.3 Å². The molecule has 6 heteroatoms. The molecule has 2 amide bonds. The zero-order valence-electron chi connectivity index (χ0n) is 14.8. The molecule has 0 unspecified atom stereocenters. The topological polar surface area (TPSA) is 71.1 Å². The number of nitrogens with zero attached hydrogens (tertiary/aromatic N) is 1. The van der Waals surface area contributed by atoms with Crippen molar-refractivity contribution in [3.63, 3.8) is 0 Å². The summed E-state index contributed by atoms with van der Waals surface area (Å²) in [6, 6.07) is 14.7. The number of hydrogen-bond acceptors (Lipinski definition) is 4. The Balaban J connectivity index is 1.75. The average Bonchev–Trinajstić information content (AvgIpc) is 3.20. The summed E-state index contributed by atoms with van der Waals surface area (Å²) < 4.78 is 0. The molecule has 0 spiro atoms. The van der Waals surface area contributed by atoms with Gasteiger partial charge in [-0.2, -0.15) is 0 Å². The highest BCUT2D eigenvalue weighted by Gasteiger charge is 2.15. The van der Waals surface area contributed by atoms with Crippen molar-refractivity contribution >= 4 is 29.2 Å². The summed E-state index contributed by atoms with van der Waals surface area (Å²) in [4.78, 5) is 30.1. The number of nitrogens with one attached hydrogen (secondary N) is 2. The SMILES string of the molecule is Cc1ccc(C(=O)N/C(=C/c2cccs2)C(=O)NCc2cccnc2)cc1. The van der Waals surface area contributed by atoms with E-state index < -0.39 is 0 Å². The lowest BCUT2D eigenvalue weighted by Crippen LogP contribution is -2.34. The van der Waals surface area contributed by atoms with Crippen LogP contribution < -0.4 is 10.6 Å². The molecule has 136 valence electrons. The van der Waals surface area contributed by atoms with Crippen LogP contribution in [-0.2, 0) is 11.3 Å². The molecule has 0 aliphatic heterocycles. The molecule has 3 aromatic rings. The number of carbonyl (C=O) groups is 2. The van der Waals surface area contributed by atoms with E-state index in [9.17, 15) is 9.59 Å². The number of hydrogen-bond donors (Lipinski definition) is 2. The van der Waals surface area contributed by atoms with Gasteiger partial charge in [0.05, 0.1) is 0 Å². The standard InChI is InChI=1S/C21H19N3O2S/c1-15-6-8-17(9-7-15)20(25)24-19(12-18-5-3-11-27-18)21(26)23-14-16-4-2-10-22-13-16/h2-13H,14H2,1H3,(H,23,26)(H,24,25)/b19-12+. The number of amides is 2. The van der Waals surface area contributed by atoms with E-state index in [2.05, 4.69) is 15.6 Å². The third kappa shape index (κ3) is 5.36. The fourth-order valence-electron chi connectivity index (χ4n) is 2.35. The Kier molecular flexibility index (Phi) is 6.12. The lowest BCUT2D eigenvalue weighted by molar-refractivity contribution is -0.117. The molecule has 2 N–H and O–H groups in total. The zero-order chi connectivity index (χ0) is 19.1. The minimum Gasteiger partial charge on any atom is -0.347 e. The first-order valence-corrected chi connectivity index (χ1v) is 9.30. The van der Waals surface area contributed by atoms with Crippen molar-refractivity contribution < 1.29 is 9.59 Å². The first-order valence-electron chi connectivity index (χ1n) is 8.42. The van der Waals surface area contributed by atoms with E-state index in [4.69, 9.17) is 0 Å². The molecule has 0 fully saturated rings. The maximum atomic E-state index is 12.7. The molecule has 0 radical (unpaired) electrons. The van der Waals surface area contributed by atoms with Gasteiger partial charge in [0.1, 0.15) is 5.70 Å². The molecule has 3 rings (SSSR count). The molecule has 0 bridgehead atoms. The Bertz CT molecular complexity index is 933. The second-order valence-corrected chi connectivity index (χ2v) is 6.92. The van der Waals surface area contributed by atoms with E-state index >= 15 is 0 Å². The van der Waals surface area contributed by atoms with Crippen molar-refractivity contribution in [2.75, 3.05) is 0 Å². The summed E-state index contributed by atoms with van der Waals surface area (Å²) in [7, 11) is 0. The molecule has 0 atom stereocenters. The summed E-state index contributed by atoms with van der Waals surface area (Å²) >= 11 is 1.49. The van der Waals surface area contributed by atoms with Gasteiger partial charge in [-0.05, 0) is 48.2 Å². The minimum atomic E-state index is -0.354. The Morgan fingerprint density at radius 3 is 2.59 bits per heavy atom. The predicted octanol–water partition coefficient (Wildman–Crippen LogP) is 3.54. The van der Waals surface area contributed by atoms with Gasteiger partial charge in [-0.1, -0.05) is 29.8 Å². The highest BCUT2D eigenvalue weighted by Crippen LogP contribution is 2.13. The van der Waals surface area contributed by atoms with E-state index in [0.29, 0.717) is 12.1 Å². The van der Waals surface area contributed by atoms with E-state index in [1.54, 1.807) is 30.6 Å². The number of aromatic nitrogens is 1. The predicted molar refractivity (Wildman–Crippen MR) is 107 cm³/mol. The smallest absolute Gasteiger partial charge is 0.268 e. The number of carbonyl (C=O) groups excluding carboxylic acids is 2. The number of pyridine rings is 1. The number of thiophene rings is 1. The van der Waals surface area contributed by atoms with E-state index in [1.165, 1.54) is 11.3 Å². The van der Waals surface area contributed by atoms with Crippen LogP contribution in [0, 0.1) is 6.92 Å². The van der Waals surface area contributed by atoms with Gasteiger partial charge in [0.2, 0.25) is 0 Å². The molecule has 27 heavy (non-hydrogen) atoms. The van der Waals surface area contributed by atoms with Crippen molar-refractivity contribution in [2.24, 2.45) is 0 Å². The highest BCUT2D eigenvalue weighted by atomic mass is 32.1. The summed E-state index contributed by atoms with van der Waals surface area (Å²) in [6.45, 7) is 2.28. The first kappa shape index (κ1) is 18.5.